The van der Waals surface area contributed by atoms with Gasteiger partial charge in [-0.2, -0.15) is 0 Å². The molecule has 0 aliphatic carbocycles. The summed E-state index contributed by atoms with van der Waals surface area (Å²) in [6, 6.07) is 11.5. The predicted octanol–water partition coefficient (Wildman–Crippen LogP) is 4.23. The highest BCUT2D eigenvalue weighted by atomic mass is 16.1. The molecule has 132 valence electrons. The number of carbonyl (C=O) groups is 1. The summed E-state index contributed by atoms with van der Waals surface area (Å²) in [5.41, 5.74) is 2.29. The minimum atomic E-state index is -0.219. The molecule has 0 atom stereocenters. The molecule has 1 N–H and O–H groups in total. The van der Waals surface area contributed by atoms with Crippen LogP contribution in [0.2, 0.25) is 0 Å². The van der Waals surface area contributed by atoms with Gasteiger partial charge in [0.15, 0.2) is 11.5 Å². The lowest BCUT2D eigenvalue weighted by Gasteiger charge is -2.20. The van der Waals surface area contributed by atoms with Crippen molar-refractivity contribution in [1.82, 2.24) is 10.2 Å². The molecule has 1 saturated heterocycles. The van der Waals surface area contributed by atoms with Gasteiger partial charge in [-0.15, -0.1) is 10.2 Å². The number of rotatable bonds is 4. The average molecular weight is 338 g/mol. The Labute approximate surface area is 149 Å². The van der Waals surface area contributed by atoms with Crippen molar-refractivity contribution in [3.8, 4) is 0 Å². The van der Waals surface area contributed by atoms with Crippen LogP contribution in [0.1, 0.15) is 61.5 Å². The molecule has 3 rings (SSSR count). The van der Waals surface area contributed by atoms with Crippen molar-refractivity contribution in [3.05, 3.63) is 47.7 Å². The molecule has 0 spiro atoms. The average Bonchev–Trinajstić information content (AvgIpc) is 2.91. The molecule has 1 aromatic carbocycles. The van der Waals surface area contributed by atoms with Crippen LogP contribution in [0.5, 0.6) is 0 Å². The van der Waals surface area contributed by atoms with E-state index in [0.717, 1.165) is 30.2 Å². The highest BCUT2D eigenvalue weighted by Gasteiger charge is 2.15. The number of nitrogens with one attached hydrogen (secondary N) is 1. The van der Waals surface area contributed by atoms with E-state index >= 15 is 0 Å². The molecule has 25 heavy (non-hydrogen) atoms. The first kappa shape index (κ1) is 17.4. The molecule has 2 aromatic rings. The lowest BCUT2D eigenvalue weighted by Crippen LogP contribution is -2.25. The van der Waals surface area contributed by atoms with Crippen molar-refractivity contribution in [2.24, 2.45) is 0 Å². The van der Waals surface area contributed by atoms with E-state index in [-0.39, 0.29) is 5.91 Å². The van der Waals surface area contributed by atoms with Crippen molar-refractivity contribution < 1.29 is 4.79 Å². The molecule has 2 heterocycles. The zero-order valence-corrected chi connectivity index (χ0v) is 15.0. The number of anilines is 2. The van der Waals surface area contributed by atoms with Crippen LogP contribution < -0.4 is 10.2 Å². The van der Waals surface area contributed by atoms with Gasteiger partial charge >= 0.3 is 0 Å². The number of para-hydroxylation sites is 1. The molecule has 1 aliphatic heterocycles. The van der Waals surface area contributed by atoms with E-state index in [0.29, 0.717) is 11.6 Å². The second-order valence-corrected chi connectivity index (χ2v) is 6.87. The summed E-state index contributed by atoms with van der Waals surface area (Å²) in [6.45, 7) is 6.26. The van der Waals surface area contributed by atoms with Crippen LogP contribution in [0.3, 0.4) is 0 Å². The van der Waals surface area contributed by atoms with Crippen LogP contribution in [-0.2, 0) is 0 Å². The van der Waals surface area contributed by atoms with Crippen LogP contribution in [0.4, 0.5) is 11.5 Å². The lowest BCUT2D eigenvalue weighted by molar-refractivity contribution is 0.102. The fourth-order valence-corrected chi connectivity index (χ4v) is 3.22. The molecule has 0 bridgehead atoms. The van der Waals surface area contributed by atoms with Gasteiger partial charge in [0.1, 0.15) is 0 Å². The molecule has 0 radical (unpaired) electrons. The van der Waals surface area contributed by atoms with Crippen molar-refractivity contribution in [3.63, 3.8) is 0 Å². The summed E-state index contributed by atoms with van der Waals surface area (Å²) in [5.74, 6) is 0.983. The Morgan fingerprint density at radius 3 is 2.36 bits per heavy atom. The first-order valence-electron chi connectivity index (χ1n) is 9.14. The molecule has 1 aromatic heterocycles. The van der Waals surface area contributed by atoms with Crippen LogP contribution >= 0.6 is 0 Å². The SMILES string of the molecule is CC(C)c1ccccc1NC(=O)c1ccc(N2CCCCCC2)nn1. The maximum absolute atomic E-state index is 12.5. The smallest absolute Gasteiger partial charge is 0.276 e. The van der Waals surface area contributed by atoms with Gasteiger partial charge < -0.3 is 10.2 Å². The molecule has 1 amide bonds. The van der Waals surface area contributed by atoms with Crippen molar-refractivity contribution in [2.75, 3.05) is 23.3 Å². The Balaban J connectivity index is 1.71. The molecular weight excluding hydrogens is 312 g/mol. The Morgan fingerprint density at radius 2 is 1.72 bits per heavy atom. The first-order valence-corrected chi connectivity index (χ1v) is 9.14. The topological polar surface area (TPSA) is 58.1 Å². The quantitative estimate of drug-likeness (QED) is 0.906. The second-order valence-electron chi connectivity index (χ2n) is 6.87. The predicted molar refractivity (Wildman–Crippen MR) is 101 cm³/mol. The Hall–Kier alpha value is -2.43. The van der Waals surface area contributed by atoms with E-state index < -0.39 is 0 Å². The lowest BCUT2D eigenvalue weighted by atomic mass is 10.0. The zero-order chi connectivity index (χ0) is 17.6. The van der Waals surface area contributed by atoms with Crippen molar-refractivity contribution >= 4 is 17.4 Å². The third-order valence-electron chi connectivity index (χ3n) is 4.64. The summed E-state index contributed by atoms with van der Waals surface area (Å²) < 4.78 is 0. The summed E-state index contributed by atoms with van der Waals surface area (Å²) >= 11 is 0. The van der Waals surface area contributed by atoms with Gasteiger partial charge in [-0.05, 0) is 42.5 Å². The minimum Gasteiger partial charge on any atom is -0.355 e. The largest absolute Gasteiger partial charge is 0.355 e. The van der Waals surface area contributed by atoms with Crippen LogP contribution in [-0.4, -0.2) is 29.2 Å². The highest BCUT2D eigenvalue weighted by molar-refractivity contribution is 6.03. The molecule has 5 heteroatoms. The van der Waals surface area contributed by atoms with Crippen molar-refractivity contribution in [1.29, 1.82) is 0 Å². The molecule has 1 aliphatic rings. The van der Waals surface area contributed by atoms with E-state index in [1.807, 2.05) is 30.3 Å². The summed E-state index contributed by atoms with van der Waals surface area (Å²) in [6.07, 6.45) is 4.94. The van der Waals surface area contributed by atoms with E-state index in [1.165, 1.54) is 25.7 Å². The second kappa shape index (κ2) is 8.10. The molecule has 0 saturated carbocycles. The van der Waals surface area contributed by atoms with Gasteiger partial charge in [0, 0.05) is 18.8 Å². The molecular formula is C20H26N4O. The van der Waals surface area contributed by atoms with Crippen LogP contribution in [0.15, 0.2) is 36.4 Å². The third-order valence-corrected chi connectivity index (χ3v) is 4.64. The van der Waals surface area contributed by atoms with Gasteiger partial charge in [0.25, 0.3) is 5.91 Å². The number of amides is 1. The van der Waals surface area contributed by atoms with Gasteiger partial charge in [-0.25, -0.2) is 0 Å². The zero-order valence-electron chi connectivity index (χ0n) is 15.0. The van der Waals surface area contributed by atoms with Gasteiger partial charge in [-0.1, -0.05) is 44.9 Å². The molecule has 5 nitrogen and oxygen atoms in total. The van der Waals surface area contributed by atoms with Crippen LogP contribution in [0, 0.1) is 0 Å². The number of hydrogen-bond donors (Lipinski definition) is 1. The molecule has 0 unspecified atom stereocenters. The van der Waals surface area contributed by atoms with E-state index in [4.69, 9.17) is 0 Å². The Kier molecular flexibility index (Phi) is 5.64. The Bertz CT molecular complexity index is 704. The maximum atomic E-state index is 12.5. The summed E-state index contributed by atoms with van der Waals surface area (Å²) in [5, 5.41) is 11.4. The standard InChI is InChI=1S/C20H26N4O/c1-15(2)16-9-5-6-10-17(16)21-20(25)18-11-12-19(23-22-18)24-13-7-3-4-8-14-24/h5-6,9-12,15H,3-4,7-8,13-14H2,1-2H3,(H,21,25). The number of hydrogen-bond acceptors (Lipinski definition) is 4. The van der Waals surface area contributed by atoms with E-state index in [1.54, 1.807) is 6.07 Å². The van der Waals surface area contributed by atoms with Gasteiger partial charge in [0.05, 0.1) is 0 Å². The van der Waals surface area contributed by atoms with Crippen LogP contribution in [0.25, 0.3) is 0 Å². The molecule has 1 fully saturated rings. The highest BCUT2D eigenvalue weighted by Crippen LogP contribution is 2.24. The maximum Gasteiger partial charge on any atom is 0.276 e. The summed E-state index contributed by atoms with van der Waals surface area (Å²) in [4.78, 5) is 14.8. The fourth-order valence-electron chi connectivity index (χ4n) is 3.22. The van der Waals surface area contributed by atoms with E-state index in [9.17, 15) is 4.79 Å². The van der Waals surface area contributed by atoms with Crippen molar-refractivity contribution in [2.45, 2.75) is 45.4 Å². The normalized spacial score (nSPS) is 15.1. The number of aromatic nitrogens is 2. The number of nitrogens with zero attached hydrogens (tertiary/aromatic N) is 3. The summed E-state index contributed by atoms with van der Waals surface area (Å²) in [7, 11) is 0. The Morgan fingerprint density at radius 1 is 1.00 bits per heavy atom. The minimum absolute atomic E-state index is 0.219. The fraction of sp³-hybridized carbons (Fsp3) is 0.450. The first-order chi connectivity index (χ1) is 12.1. The third kappa shape index (κ3) is 4.35. The number of benzene rings is 1. The van der Waals surface area contributed by atoms with Gasteiger partial charge in [-0.3, -0.25) is 4.79 Å². The number of carbonyl (C=O) groups excluding carboxylic acids is 1. The van der Waals surface area contributed by atoms with E-state index in [2.05, 4.69) is 34.3 Å². The monoisotopic (exact) mass is 338 g/mol. The van der Waals surface area contributed by atoms with Gasteiger partial charge in [0.2, 0.25) is 0 Å².